The zero-order valence-corrected chi connectivity index (χ0v) is 18.6. The van der Waals surface area contributed by atoms with E-state index < -0.39 is 5.60 Å². The van der Waals surface area contributed by atoms with Crippen molar-refractivity contribution in [3.8, 4) is 0 Å². The van der Waals surface area contributed by atoms with Crippen molar-refractivity contribution in [2.45, 2.75) is 45.3 Å². The first-order valence-corrected chi connectivity index (χ1v) is 11.0. The Labute approximate surface area is 181 Å². The van der Waals surface area contributed by atoms with Gasteiger partial charge < -0.3 is 15.0 Å². The third-order valence-electron chi connectivity index (χ3n) is 4.90. The summed E-state index contributed by atoms with van der Waals surface area (Å²) in [5.41, 5.74) is 0.565. The summed E-state index contributed by atoms with van der Waals surface area (Å²) in [6.07, 6.45) is 1.32. The number of benzene rings is 1. The quantitative estimate of drug-likeness (QED) is 0.689. The molecule has 5 nitrogen and oxygen atoms in total. The molecule has 156 valence electrons. The van der Waals surface area contributed by atoms with Crippen LogP contribution in [0, 0.1) is 5.92 Å². The Morgan fingerprint density at radius 2 is 1.79 bits per heavy atom. The second kappa shape index (κ2) is 9.18. The summed E-state index contributed by atoms with van der Waals surface area (Å²) in [7, 11) is 0. The van der Waals surface area contributed by atoms with Gasteiger partial charge in [-0.05, 0) is 57.2 Å². The molecule has 1 aromatic heterocycles. The molecular formula is C22H27ClN2O3S. The number of hydrogen-bond acceptors (Lipinski definition) is 4. The number of carbonyl (C=O) groups is 2. The topological polar surface area (TPSA) is 58.6 Å². The maximum absolute atomic E-state index is 12.8. The van der Waals surface area contributed by atoms with Crippen LogP contribution < -0.4 is 5.32 Å². The molecule has 1 fully saturated rings. The molecule has 1 aromatic carbocycles. The number of hydrogen-bond donors (Lipinski definition) is 1. The van der Waals surface area contributed by atoms with Crippen molar-refractivity contribution in [1.29, 1.82) is 0 Å². The van der Waals surface area contributed by atoms with E-state index in [0.29, 0.717) is 22.3 Å². The second-order valence-electron chi connectivity index (χ2n) is 8.27. The summed E-state index contributed by atoms with van der Waals surface area (Å²) >= 11 is 7.26. The summed E-state index contributed by atoms with van der Waals surface area (Å²) in [6.45, 7) is 6.84. The fraction of sp³-hybridized carbons (Fsp3) is 0.455. The lowest BCUT2D eigenvalue weighted by molar-refractivity contribution is 0.0167. The van der Waals surface area contributed by atoms with Gasteiger partial charge in [-0.15, -0.1) is 11.3 Å². The zero-order valence-electron chi connectivity index (χ0n) is 17.0. The maximum atomic E-state index is 12.8. The minimum Gasteiger partial charge on any atom is -0.444 e. The average molecular weight is 435 g/mol. The molecule has 2 aromatic rings. The van der Waals surface area contributed by atoms with E-state index in [-0.39, 0.29) is 24.0 Å². The van der Waals surface area contributed by atoms with Crippen molar-refractivity contribution < 1.29 is 14.3 Å². The van der Waals surface area contributed by atoms with Gasteiger partial charge in [0.05, 0.1) is 15.3 Å². The molecule has 0 saturated carbocycles. The standard InChI is InChI=1S/C22H27ClN2O3S/c1-22(2,3)28-21(27)25-13-11-16(12-14-25)19(15-7-5-4-6-8-15)24-20(26)17-9-10-18(23)29-17/h4-10,16,19H,11-14H2,1-3H3,(H,24,26)/t19-/m1/s1. The molecule has 0 aliphatic carbocycles. The summed E-state index contributed by atoms with van der Waals surface area (Å²) in [5, 5.41) is 3.19. The molecule has 0 spiro atoms. The fourth-order valence-corrected chi connectivity index (χ4v) is 4.47. The first-order chi connectivity index (χ1) is 13.7. The van der Waals surface area contributed by atoms with Crippen molar-refractivity contribution in [2.75, 3.05) is 13.1 Å². The van der Waals surface area contributed by atoms with Crippen LogP contribution >= 0.6 is 22.9 Å². The molecule has 2 amide bonds. The summed E-state index contributed by atoms with van der Waals surface area (Å²) in [4.78, 5) is 27.5. The predicted octanol–water partition coefficient (Wildman–Crippen LogP) is 5.52. The Bertz CT molecular complexity index is 839. The van der Waals surface area contributed by atoms with Crippen LogP contribution in [0.2, 0.25) is 4.34 Å². The van der Waals surface area contributed by atoms with Gasteiger partial charge in [0, 0.05) is 13.1 Å². The molecule has 0 radical (unpaired) electrons. The van der Waals surface area contributed by atoms with Crippen LogP contribution in [0.4, 0.5) is 4.79 Å². The molecule has 7 heteroatoms. The lowest BCUT2D eigenvalue weighted by Crippen LogP contribution is -2.44. The van der Waals surface area contributed by atoms with Crippen LogP contribution in [0.1, 0.15) is 54.9 Å². The Morgan fingerprint density at radius 1 is 1.14 bits per heavy atom. The van der Waals surface area contributed by atoms with Gasteiger partial charge in [-0.25, -0.2) is 4.79 Å². The van der Waals surface area contributed by atoms with Crippen molar-refractivity contribution >= 4 is 34.9 Å². The van der Waals surface area contributed by atoms with E-state index in [1.165, 1.54) is 11.3 Å². The molecule has 0 bridgehead atoms. The normalized spacial score (nSPS) is 16.3. The molecule has 2 heterocycles. The number of carbonyl (C=O) groups excluding carboxylic acids is 2. The molecule has 0 unspecified atom stereocenters. The molecule has 29 heavy (non-hydrogen) atoms. The SMILES string of the molecule is CC(C)(C)OC(=O)N1CCC([C@H](NC(=O)c2ccc(Cl)s2)c2ccccc2)CC1. The van der Waals surface area contributed by atoms with Gasteiger partial charge >= 0.3 is 6.09 Å². The van der Waals surface area contributed by atoms with Crippen molar-refractivity contribution in [3.63, 3.8) is 0 Å². The van der Waals surface area contributed by atoms with Gasteiger partial charge in [-0.3, -0.25) is 4.79 Å². The van der Waals surface area contributed by atoms with Crippen LogP contribution in [-0.4, -0.2) is 35.6 Å². The maximum Gasteiger partial charge on any atom is 0.410 e. The largest absolute Gasteiger partial charge is 0.444 e. The number of thiophene rings is 1. The number of ether oxygens (including phenoxy) is 1. The van der Waals surface area contributed by atoms with E-state index in [2.05, 4.69) is 5.32 Å². The summed E-state index contributed by atoms with van der Waals surface area (Å²) in [6, 6.07) is 13.4. The number of halogens is 1. The number of nitrogens with zero attached hydrogens (tertiary/aromatic N) is 1. The zero-order chi connectivity index (χ0) is 21.0. The smallest absolute Gasteiger partial charge is 0.410 e. The van der Waals surface area contributed by atoms with Crippen molar-refractivity contribution in [2.24, 2.45) is 5.92 Å². The van der Waals surface area contributed by atoms with Gasteiger partial charge in [0.1, 0.15) is 5.60 Å². The predicted molar refractivity (Wildman–Crippen MR) is 117 cm³/mol. The molecule has 1 atom stereocenters. The van der Waals surface area contributed by atoms with E-state index in [9.17, 15) is 9.59 Å². The molecular weight excluding hydrogens is 408 g/mol. The van der Waals surface area contributed by atoms with Crippen molar-refractivity contribution in [3.05, 3.63) is 57.2 Å². The molecule has 1 aliphatic rings. The van der Waals surface area contributed by atoms with E-state index in [0.717, 1.165) is 18.4 Å². The monoisotopic (exact) mass is 434 g/mol. The molecule has 1 aliphatic heterocycles. The highest BCUT2D eigenvalue weighted by molar-refractivity contribution is 7.18. The molecule has 1 N–H and O–H groups in total. The van der Waals surface area contributed by atoms with Crippen LogP contribution in [0.5, 0.6) is 0 Å². The van der Waals surface area contributed by atoms with Crippen LogP contribution in [-0.2, 0) is 4.74 Å². The third kappa shape index (κ3) is 5.97. The Balaban J connectivity index is 1.69. The van der Waals surface area contributed by atoms with Gasteiger partial charge in [0.2, 0.25) is 0 Å². The second-order valence-corrected chi connectivity index (χ2v) is 9.99. The van der Waals surface area contributed by atoms with Crippen LogP contribution in [0.3, 0.4) is 0 Å². The average Bonchev–Trinajstić information content (AvgIpc) is 3.12. The minimum atomic E-state index is -0.504. The molecule has 3 rings (SSSR count). The Morgan fingerprint density at radius 3 is 2.34 bits per heavy atom. The van der Waals surface area contributed by atoms with E-state index in [1.807, 2.05) is 51.1 Å². The summed E-state index contributed by atoms with van der Waals surface area (Å²) in [5.74, 6) is 0.112. The molecule has 1 saturated heterocycles. The van der Waals surface area contributed by atoms with Gasteiger partial charge in [-0.1, -0.05) is 41.9 Å². The fourth-order valence-electron chi connectivity index (χ4n) is 3.52. The van der Waals surface area contributed by atoms with Gasteiger partial charge in [0.15, 0.2) is 0 Å². The van der Waals surface area contributed by atoms with Crippen LogP contribution in [0.25, 0.3) is 0 Å². The highest BCUT2D eigenvalue weighted by Gasteiger charge is 2.32. The highest BCUT2D eigenvalue weighted by atomic mass is 35.5. The van der Waals surface area contributed by atoms with Crippen molar-refractivity contribution in [1.82, 2.24) is 10.2 Å². The number of nitrogens with one attached hydrogen (secondary N) is 1. The number of rotatable bonds is 4. The summed E-state index contributed by atoms with van der Waals surface area (Å²) < 4.78 is 6.08. The van der Waals surface area contributed by atoms with Crippen LogP contribution in [0.15, 0.2) is 42.5 Å². The van der Waals surface area contributed by atoms with Gasteiger partial charge in [0.25, 0.3) is 5.91 Å². The minimum absolute atomic E-state index is 0.120. The number of amides is 2. The Hall–Kier alpha value is -2.05. The highest BCUT2D eigenvalue weighted by Crippen LogP contribution is 2.32. The third-order valence-corrected chi connectivity index (χ3v) is 6.13. The Kier molecular flexibility index (Phi) is 6.85. The lowest BCUT2D eigenvalue weighted by Gasteiger charge is -2.37. The van der Waals surface area contributed by atoms with E-state index >= 15 is 0 Å². The van der Waals surface area contributed by atoms with Gasteiger partial charge in [-0.2, -0.15) is 0 Å². The lowest BCUT2D eigenvalue weighted by atomic mass is 9.85. The van der Waals surface area contributed by atoms with E-state index in [1.54, 1.807) is 17.0 Å². The number of piperidine rings is 1. The number of likely N-dealkylation sites (tertiary alicyclic amines) is 1. The first kappa shape index (κ1) is 21.7. The van der Waals surface area contributed by atoms with E-state index in [4.69, 9.17) is 16.3 Å². The first-order valence-electron chi connectivity index (χ1n) is 9.82.